The molecule has 0 amide bonds. The summed E-state index contributed by atoms with van der Waals surface area (Å²) >= 11 is 0. The number of benzene rings is 3. The van der Waals surface area contributed by atoms with Gasteiger partial charge in [0.25, 0.3) is 0 Å². The Labute approximate surface area is 195 Å². The van der Waals surface area contributed by atoms with Gasteiger partial charge in [-0.1, -0.05) is 47.6 Å². The highest BCUT2D eigenvalue weighted by atomic mass is 16.6. The average molecular weight is 458 g/mol. The molecule has 0 aliphatic rings. The molecule has 0 aliphatic heterocycles. The average Bonchev–Trinajstić information content (AvgIpc) is 2.86. The van der Waals surface area contributed by atoms with Gasteiger partial charge in [0.15, 0.2) is 18.1 Å². The molecule has 3 N–H and O–H groups in total. The van der Waals surface area contributed by atoms with Crippen LogP contribution in [0.2, 0.25) is 0 Å². The third kappa shape index (κ3) is 5.07. The summed E-state index contributed by atoms with van der Waals surface area (Å²) in [5, 5.41) is 34.7. The number of rotatable bonds is 9. The van der Waals surface area contributed by atoms with Crippen molar-refractivity contribution in [3.8, 4) is 17.2 Å². The third-order valence-corrected chi connectivity index (χ3v) is 5.11. The molecular weight excluding hydrogens is 436 g/mol. The molecule has 3 aromatic carbocycles. The topological polar surface area (TPSA) is 121 Å². The molecule has 34 heavy (non-hydrogen) atoms. The van der Waals surface area contributed by atoms with E-state index in [9.17, 15) is 15.0 Å². The third-order valence-electron chi connectivity index (χ3n) is 5.11. The van der Waals surface area contributed by atoms with E-state index in [0.29, 0.717) is 23.1 Å². The fraction of sp³-hybridized carbons (Fsp3) is 0.115. The zero-order valence-electron chi connectivity index (χ0n) is 18.1. The summed E-state index contributed by atoms with van der Waals surface area (Å²) in [6.45, 7) is -0.381. The Balaban J connectivity index is 1.58. The minimum absolute atomic E-state index is 0.163. The monoisotopic (exact) mass is 458 g/mol. The van der Waals surface area contributed by atoms with E-state index in [-0.39, 0.29) is 29.2 Å². The highest BCUT2D eigenvalue weighted by Gasteiger charge is 2.16. The van der Waals surface area contributed by atoms with Crippen LogP contribution in [0.1, 0.15) is 16.7 Å². The highest BCUT2D eigenvalue weighted by molar-refractivity contribution is 6.12. The van der Waals surface area contributed by atoms with E-state index in [0.717, 1.165) is 11.1 Å². The number of fused-ring (bicyclic) bond motifs is 1. The van der Waals surface area contributed by atoms with E-state index < -0.39 is 12.6 Å². The summed E-state index contributed by atoms with van der Waals surface area (Å²) in [6.07, 6.45) is 3.76. The van der Waals surface area contributed by atoms with Crippen LogP contribution in [0, 0.1) is 0 Å². The summed E-state index contributed by atoms with van der Waals surface area (Å²) in [4.78, 5) is 20.7. The van der Waals surface area contributed by atoms with Crippen molar-refractivity contribution in [2.75, 3.05) is 13.2 Å². The van der Waals surface area contributed by atoms with E-state index in [4.69, 9.17) is 14.7 Å². The van der Waals surface area contributed by atoms with Gasteiger partial charge in [0.2, 0.25) is 0 Å². The zero-order chi connectivity index (χ0) is 23.9. The number of aromatic nitrogens is 1. The number of oxime groups is 1. The summed E-state index contributed by atoms with van der Waals surface area (Å²) in [7, 11) is 0. The number of carbonyl (C=O) groups is 1. The molecule has 0 unspecified atom stereocenters. The second-order valence-electron chi connectivity index (χ2n) is 7.40. The number of pyridine rings is 1. The van der Waals surface area contributed by atoms with Crippen LogP contribution in [0.5, 0.6) is 17.2 Å². The predicted octanol–water partition coefficient (Wildman–Crippen LogP) is 4.12. The first kappa shape index (κ1) is 22.6. The smallest absolute Gasteiger partial charge is 0.341 e. The van der Waals surface area contributed by atoms with Crippen molar-refractivity contribution in [1.82, 2.24) is 4.98 Å². The van der Waals surface area contributed by atoms with Gasteiger partial charge in [-0.05, 0) is 35.2 Å². The molecule has 0 saturated heterocycles. The fourth-order valence-electron chi connectivity index (χ4n) is 3.59. The molecule has 172 valence electrons. The van der Waals surface area contributed by atoms with Crippen molar-refractivity contribution >= 4 is 22.5 Å². The first-order chi connectivity index (χ1) is 16.5. The van der Waals surface area contributed by atoms with Crippen molar-refractivity contribution < 1.29 is 29.7 Å². The number of phenols is 2. The van der Waals surface area contributed by atoms with Gasteiger partial charge in [0, 0.05) is 29.9 Å². The predicted molar refractivity (Wildman–Crippen MR) is 126 cm³/mol. The minimum atomic E-state index is -1.15. The Morgan fingerprint density at radius 3 is 2.50 bits per heavy atom. The van der Waals surface area contributed by atoms with Crippen molar-refractivity contribution in [2.24, 2.45) is 5.16 Å². The fourth-order valence-corrected chi connectivity index (χ4v) is 3.59. The van der Waals surface area contributed by atoms with Crippen LogP contribution in [-0.2, 0) is 16.1 Å². The van der Waals surface area contributed by atoms with Gasteiger partial charge < -0.3 is 24.9 Å². The van der Waals surface area contributed by atoms with E-state index in [2.05, 4.69) is 10.1 Å². The lowest BCUT2D eigenvalue weighted by atomic mass is 10.00. The number of phenolic OH excluding ortho intramolecular Hbond substituents is 2. The standard InChI is InChI=1S/C26H22N2O6/c29-21-14-18(20-9-4-10-22(24(20)26(21)32)33-16-23(30)31)11-13-34-28-25(17-6-2-1-3-7-17)19-8-5-12-27-15-19/h1-10,12,14-15,29,32H,11,13,16H2,(H,30,31)/b28-25+. The van der Waals surface area contributed by atoms with E-state index >= 15 is 0 Å². The maximum atomic E-state index is 10.9. The van der Waals surface area contributed by atoms with Crippen molar-refractivity contribution in [3.05, 3.63) is 95.8 Å². The van der Waals surface area contributed by atoms with E-state index in [1.165, 1.54) is 12.1 Å². The lowest BCUT2D eigenvalue weighted by molar-refractivity contribution is -0.139. The van der Waals surface area contributed by atoms with Crippen LogP contribution in [0.25, 0.3) is 10.8 Å². The Kier molecular flexibility index (Phi) is 6.88. The first-order valence-electron chi connectivity index (χ1n) is 10.5. The molecule has 0 radical (unpaired) electrons. The van der Waals surface area contributed by atoms with Gasteiger partial charge in [0.1, 0.15) is 18.1 Å². The molecule has 0 fully saturated rings. The van der Waals surface area contributed by atoms with E-state index in [1.54, 1.807) is 24.5 Å². The zero-order valence-corrected chi connectivity index (χ0v) is 18.1. The van der Waals surface area contributed by atoms with E-state index in [1.807, 2.05) is 42.5 Å². The summed E-state index contributed by atoms with van der Waals surface area (Å²) in [5.74, 6) is -1.69. The molecule has 4 rings (SSSR count). The second kappa shape index (κ2) is 10.4. The van der Waals surface area contributed by atoms with Gasteiger partial charge in [0.05, 0.1) is 5.39 Å². The number of aromatic hydroxyl groups is 2. The molecular formula is C26H22N2O6. The number of ether oxygens (including phenoxy) is 1. The first-order valence-corrected chi connectivity index (χ1v) is 10.5. The van der Waals surface area contributed by atoms with Gasteiger partial charge in [-0.3, -0.25) is 4.98 Å². The molecule has 0 spiro atoms. The summed E-state index contributed by atoms with van der Waals surface area (Å²) < 4.78 is 5.30. The Bertz CT molecular complexity index is 1280. The van der Waals surface area contributed by atoms with Crippen LogP contribution >= 0.6 is 0 Å². The van der Waals surface area contributed by atoms with Crippen LogP contribution in [0.4, 0.5) is 0 Å². The van der Waals surface area contributed by atoms with Crippen LogP contribution < -0.4 is 4.74 Å². The molecule has 1 heterocycles. The van der Waals surface area contributed by atoms with Crippen molar-refractivity contribution in [2.45, 2.75) is 6.42 Å². The number of aliphatic carboxylic acids is 1. The highest BCUT2D eigenvalue weighted by Crippen LogP contribution is 2.41. The number of carboxylic acids is 1. The molecule has 0 saturated carbocycles. The maximum Gasteiger partial charge on any atom is 0.341 e. The minimum Gasteiger partial charge on any atom is -0.504 e. The lowest BCUT2D eigenvalue weighted by Crippen LogP contribution is -2.09. The molecule has 0 aliphatic carbocycles. The normalized spacial score (nSPS) is 11.4. The van der Waals surface area contributed by atoms with Gasteiger partial charge in [-0.25, -0.2) is 4.79 Å². The van der Waals surface area contributed by atoms with Gasteiger partial charge in [-0.15, -0.1) is 0 Å². The molecule has 8 heteroatoms. The quantitative estimate of drug-likeness (QED) is 0.149. The Hall–Kier alpha value is -4.59. The largest absolute Gasteiger partial charge is 0.504 e. The van der Waals surface area contributed by atoms with Gasteiger partial charge in [-0.2, -0.15) is 0 Å². The molecule has 0 bridgehead atoms. The Morgan fingerprint density at radius 2 is 1.76 bits per heavy atom. The lowest BCUT2D eigenvalue weighted by Gasteiger charge is -2.14. The molecule has 0 atom stereocenters. The van der Waals surface area contributed by atoms with Gasteiger partial charge >= 0.3 is 5.97 Å². The number of carboxylic acid groups (broad SMARTS) is 1. The number of hydrogen-bond acceptors (Lipinski definition) is 7. The van der Waals surface area contributed by atoms with Crippen molar-refractivity contribution in [1.29, 1.82) is 0 Å². The Morgan fingerprint density at radius 1 is 0.971 bits per heavy atom. The molecule has 8 nitrogen and oxygen atoms in total. The van der Waals surface area contributed by atoms with Crippen LogP contribution in [0.15, 0.2) is 84.3 Å². The summed E-state index contributed by atoms with van der Waals surface area (Å²) in [5.41, 5.74) is 3.01. The van der Waals surface area contributed by atoms with Crippen LogP contribution in [0.3, 0.4) is 0 Å². The van der Waals surface area contributed by atoms with Crippen LogP contribution in [-0.4, -0.2) is 45.2 Å². The number of nitrogens with zero attached hydrogens (tertiary/aromatic N) is 2. The second-order valence-corrected chi connectivity index (χ2v) is 7.40. The molecule has 1 aromatic heterocycles. The molecule has 4 aromatic rings. The maximum absolute atomic E-state index is 10.9. The van der Waals surface area contributed by atoms with Crippen molar-refractivity contribution in [3.63, 3.8) is 0 Å². The SMILES string of the molecule is O=C(O)COc1cccc2c(CCO/N=C(\c3ccccc3)c3cccnc3)cc(O)c(O)c12. The summed E-state index contributed by atoms with van der Waals surface area (Å²) in [6, 6.07) is 19.8. The number of hydrogen-bond donors (Lipinski definition) is 3.